The van der Waals surface area contributed by atoms with Gasteiger partial charge in [-0.2, -0.15) is 0 Å². The van der Waals surface area contributed by atoms with Crippen molar-refractivity contribution in [2.45, 2.75) is 12.5 Å². The molecular formula is C24H27N3O4. The summed E-state index contributed by atoms with van der Waals surface area (Å²) in [5, 5.41) is 0. The third-order valence-corrected chi connectivity index (χ3v) is 6.36. The molecule has 2 aromatic carbocycles. The van der Waals surface area contributed by atoms with Crippen LogP contribution in [0.1, 0.15) is 18.0 Å². The minimum Gasteiger partial charge on any atom is -0.486 e. The number of nitrogens with zero attached hydrogens (tertiary/aromatic N) is 3. The lowest BCUT2D eigenvalue weighted by molar-refractivity contribution is -0.140. The zero-order chi connectivity index (χ0) is 21.4. The van der Waals surface area contributed by atoms with Gasteiger partial charge in [-0.25, -0.2) is 0 Å². The highest BCUT2D eigenvalue weighted by Gasteiger charge is 2.40. The third-order valence-electron chi connectivity index (χ3n) is 6.36. The van der Waals surface area contributed by atoms with Crippen molar-refractivity contribution >= 4 is 17.5 Å². The molecule has 2 saturated heterocycles. The Morgan fingerprint density at radius 1 is 0.968 bits per heavy atom. The molecule has 2 amide bonds. The number of hydrogen-bond acceptors (Lipinski definition) is 5. The van der Waals surface area contributed by atoms with Gasteiger partial charge < -0.3 is 24.2 Å². The molecule has 3 aliphatic heterocycles. The number of fused-ring (bicyclic) bond motifs is 1. The van der Waals surface area contributed by atoms with Crippen molar-refractivity contribution in [1.29, 1.82) is 0 Å². The minimum atomic E-state index is -0.338. The molecule has 31 heavy (non-hydrogen) atoms. The molecule has 0 aliphatic carbocycles. The summed E-state index contributed by atoms with van der Waals surface area (Å²) in [5.41, 5.74) is 1.89. The second-order valence-corrected chi connectivity index (χ2v) is 8.45. The Morgan fingerprint density at radius 2 is 1.74 bits per heavy atom. The molecule has 162 valence electrons. The third kappa shape index (κ3) is 3.85. The zero-order valence-electron chi connectivity index (χ0n) is 17.7. The first-order valence-corrected chi connectivity index (χ1v) is 10.8. The molecule has 7 heteroatoms. The predicted molar refractivity (Wildman–Crippen MR) is 116 cm³/mol. The number of anilines is 1. The molecule has 2 fully saturated rings. The highest BCUT2D eigenvalue weighted by Crippen LogP contribution is 2.37. The van der Waals surface area contributed by atoms with Gasteiger partial charge in [-0.1, -0.05) is 30.3 Å². The van der Waals surface area contributed by atoms with Crippen molar-refractivity contribution in [2.24, 2.45) is 5.92 Å². The van der Waals surface area contributed by atoms with Crippen LogP contribution in [0.15, 0.2) is 48.5 Å². The monoisotopic (exact) mass is 421 g/mol. The van der Waals surface area contributed by atoms with E-state index in [1.807, 2.05) is 41.3 Å². The Kier molecular flexibility index (Phi) is 5.28. The number of benzene rings is 2. The van der Waals surface area contributed by atoms with Gasteiger partial charge in [-0.3, -0.25) is 9.59 Å². The average Bonchev–Trinajstić information content (AvgIpc) is 3.20. The fourth-order valence-electron chi connectivity index (χ4n) is 4.70. The SMILES string of the molecule is CN1CCN(C(=O)C2CC(=O)N(c3ccc4c(c3)OCCO4)C2)C(c2ccccc2)C1. The maximum atomic E-state index is 13.5. The fraction of sp³-hybridized carbons (Fsp3) is 0.417. The van der Waals surface area contributed by atoms with E-state index in [0.29, 0.717) is 37.8 Å². The van der Waals surface area contributed by atoms with Gasteiger partial charge >= 0.3 is 0 Å². The van der Waals surface area contributed by atoms with Crippen LogP contribution in [0.3, 0.4) is 0 Å². The summed E-state index contributed by atoms with van der Waals surface area (Å²) in [4.78, 5) is 32.3. The standard InChI is InChI=1S/C24H27N3O4/c1-25-9-10-26(20(16-25)17-5-3-2-4-6-17)24(29)18-13-23(28)27(15-18)19-7-8-21-22(14-19)31-12-11-30-21/h2-8,14,18,20H,9-13,15-16H2,1H3. The lowest BCUT2D eigenvalue weighted by Crippen LogP contribution is -2.51. The Morgan fingerprint density at radius 3 is 2.55 bits per heavy atom. The average molecular weight is 421 g/mol. The molecule has 5 rings (SSSR count). The topological polar surface area (TPSA) is 62.3 Å². The number of carbonyl (C=O) groups excluding carboxylic acids is 2. The van der Waals surface area contributed by atoms with Gasteiger partial charge in [0.2, 0.25) is 11.8 Å². The molecule has 0 bridgehead atoms. The van der Waals surface area contributed by atoms with Gasteiger partial charge in [0.25, 0.3) is 0 Å². The van der Waals surface area contributed by atoms with Crippen LogP contribution in [0, 0.1) is 5.92 Å². The number of hydrogen-bond donors (Lipinski definition) is 0. The predicted octanol–water partition coefficient (Wildman–Crippen LogP) is 2.33. The summed E-state index contributed by atoms with van der Waals surface area (Å²) in [6, 6.07) is 15.7. The Hall–Kier alpha value is -3.06. The quantitative estimate of drug-likeness (QED) is 0.761. The molecule has 0 N–H and O–H groups in total. The van der Waals surface area contributed by atoms with Gasteiger partial charge in [-0.15, -0.1) is 0 Å². The molecule has 0 spiro atoms. The van der Waals surface area contributed by atoms with Gasteiger partial charge in [0, 0.05) is 44.4 Å². The van der Waals surface area contributed by atoms with Gasteiger partial charge in [-0.05, 0) is 24.7 Å². The first-order chi connectivity index (χ1) is 15.1. The minimum absolute atomic E-state index is 0.00546. The fourth-order valence-corrected chi connectivity index (χ4v) is 4.70. The summed E-state index contributed by atoms with van der Waals surface area (Å²) in [7, 11) is 2.08. The highest BCUT2D eigenvalue weighted by molar-refractivity contribution is 6.00. The smallest absolute Gasteiger partial charge is 0.228 e. The van der Waals surface area contributed by atoms with Crippen LogP contribution in [-0.2, 0) is 9.59 Å². The second-order valence-electron chi connectivity index (χ2n) is 8.45. The molecule has 0 radical (unpaired) electrons. The molecule has 3 aliphatic rings. The molecular weight excluding hydrogens is 394 g/mol. The van der Waals surface area contributed by atoms with Gasteiger partial charge in [0.15, 0.2) is 11.5 Å². The number of amides is 2. The normalized spacial score (nSPS) is 23.8. The molecule has 2 unspecified atom stereocenters. The van der Waals surface area contributed by atoms with Crippen LogP contribution < -0.4 is 14.4 Å². The Bertz CT molecular complexity index is 980. The van der Waals surface area contributed by atoms with Crippen molar-refractivity contribution in [3.63, 3.8) is 0 Å². The second kappa shape index (κ2) is 8.23. The van der Waals surface area contributed by atoms with E-state index < -0.39 is 0 Å². The van der Waals surface area contributed by atoms with E-state index >= 15 is 0 Å². The van der Waals surface area contributed by atoms with Crippen LogP contribution in [0.25, 0.3) is 0 Å². The van der Waals surface area contributed by atoms with E-state index in [2.05, 4.69) is 24.1 Å². The van der Waals surface area contributed by atoms with Crippen LogP contribution in [0.2, 0.25) is 0 Å². The lowest BCUT2D eigenvalue weighted by Gasteiger charge is -2.41. The van der Waals surface area contributed by atoms with Crippen molar-refractivity contribution < 1.29 is 19.1 Å². The van der Waals surface area contributed by atoms with E-state index in [1.54, 1.807) is 4.90 Å². The van der Waals surface area contributed by atoms with Crippen molar-refractivity contribution in [3.8, 4) is 11.5 Å². The van der Waals surface area contributed by atoms with Crippen molar-refractivity contribution in [2.75, 3.05) is 51.3 Å². The molecule has 3 heterocycles. The summed E-state index contributed by atoms with van der Waals surface area (Å²) in [6.07, 6.45) is 0.237. The molecule has 0 aromatic heterocycles. The van der Waals surface area contributed by atoms with Crippen LogP contribution in [0.4, 0.5) is 5.69 Å². The molecule has 0 saturated carbocycles. The Balaban J connectivity index is 1.34. The number of piperazine rings is 1. The van der Waals surface area contributed by atoms with Crippen LogP contribution in [0.5, 0.6) is 11.5 Å². The van der Waals surface area contributed by atoms with E-state index in [9.17, 15) is 9.59 Å². The van der Waals surface area contributed by atoms with Crippen molar-refractivity contribution in [3.05, 3.63) is 54.1 Å². The van der Waals surface area contributed by atoms with Crippen molar-refractivity contribution in [1.82, 2.24) is 9.80 Å². The summed E-state index contributed by atoms with van der Waals surface area (Å²) in [6.45, 7) is 3.72. The zero-order valence-corrected chi connectivity index (χ0v) is 17.7. The number of rotatable bonds is 3. The highest BCUT2D eigenvalue weighted by atomic mass is 16.6. The Labute approximate surface area is 182 Å². The molecule has 7 nitrogen and oxygen atoms in total. The van der Waals surface area contributed by atoms with Crippen LogP contribution in [-0.4, -0.2) is 68.1 Å². The maximum Gasteiger partial charge on any atom is 0.228 e. The van der Waals surface area contributed by atoms with Gasteiger partial charge in [0.05, 0.1) is 12.0 Å². The van der Waals surface area contributed by atoms with E-state index in [0.717, 1.165) is 24.3 Å². The lowest BCUT2D eigenvalue weighted by atomic mass is 9.99. The maximum absolute atomic E-state index is 13.5. The van der Waals surface area contributed by atoms with E-state index in [1.165, 1.54) is 0 Å². The summed E-state index contributed by atoms with van der Waals surface area (Å²) >= 11 is 0. The van der Waals surface area contributed by atoms with E-state index in [-0.39, 0.29) is 30.2 Å². The van der Waals surface area contributed by atoms with Crippen LogP contribution >= 0.6 is 0 Å². The number of ether oxygens (including phenoxy) is 2. The van der Waals surface area contributed by atoms with Gasteiger partial charge in [0.1, 0.15) is 13.2 Å². The number of carbonyl (C=O) groups is 2. The largest absolute Gasteiger partial charge is 0.486 e. The summed E-state index contributed by atoms with van der Waals surface area (Å²) < 4.78 is 11.2. The van der Waals surface area contributed by atoms with E-state index in [4.69, 9.17) is 9.47 Å². The first kappa shape index (κ1) is 19.9. The molecule has 2 aromatic rings. The summed E-state index contributed by atoms with van der Waals surface area (Å²) in [5.74, 6) is 1.04. The molecule has 2 atom stereocenters. The first-order valence-electron chi connectivity index (χ1n) is 10.8. The number of likely N-dealkylation sites (N-methyl/N-ethyl adjacent to an activating group) is 1.